The molecule has 149 heavy (non-hydrogen) atoms. The number of benzene rings is 4. The summed E-state index contributed by atoms with van der Waals surface area (Å²) in [6.07, 6.45) is 28.7. The van der Waals surface area contributed by atoms with Crippen molar-refractivity contribution < 1.29 is 630 Å². The van der Waals surface area contributed by atoms with Gasteiger partial charge in [0.15, 0.2) is 0 Å². The summed E-state index contributed by atoms with van der Waals surface area (Å²) in [5.74, 6) is 0. The number of hydrogen-bond donors (Lipinski definition) is 0. The van der Waals surface area contributed by atoms with Crippen LogP contribution in [0.2, 0.25) is 0 Å². The second kappa shape index (κ2) is 214. The molecule has 0 aliphatic carbocycles. The largest absolute Gasteiger partial charge is 4.00 e. The number of fused-ring (bicyclic) bond motifs is 12. The van der Waals surface area contributed by atoms with Crippen LogP contribution >= 0.6 is 0 Å². The van der Waals surface area contributed by atoms with Crippen molar-refractivity contribution in [1.82, 2.24) is 59.8 Å². The monoisotopic (exact) mass is 3440 g/mol. The van der Waals surface area contributed by atoms with Gasteiger partial charge < -0.3 is 272 Å². The van der Waals surface area contributed by atoms with E-state index in [1.165, 1.54) is 22.3 Å². The Hall–Kier alpha value is -1.19. The molecule has 0 aliphatic heterocycles. The Morgan fingerprint density at radius 2 is 0.215 bits per heavy atom. The van der Waals surface area contributed by atoms with Gasteiger partial charge in [0.25, 0.3) is 0 Å². The topological polar surface area (TPSA) is 1530 Å². The Labute approximate surface area is 1100 Å². The second-order valence-electron chi connectivity index (χ2n) is 17.9. The third-order valence-electron chi connectivity index (χ3n) is 12.8. The molecule has 81 heteroatoms. The summed E-state index contributed by atoms with van der Waals surface area (Å²) >= 11 is 0. The van der Waals surface area contributed by atoms with E-state index in [2.05, 4.69) is 157 Å². The molecule has 0 bridgehead atoms. The first-order valence-corrected chi connectivity index (χ1v) is 26.3. The smallest absolute Gasteiger partial charge is 2.00 e. The van der Waals surface area contributed by atoms with Crippen LogP contribution in [0.5, 0.6) is 0 Å². The molecule has 0 saturated carbocycles. The van der Waals surface area contributed by atoms with E-state index in [4.69, 9.17) is 21.0 Å². The minimum absolute atomic E-state index is 0. The van der Waals surface area contributed by atoms with Gasteiger partial charge in [-0.2, -0.15) is 0 Å². The molecule has 62 nitrogen and oxygen atoms in total. The maximum Gasteiger partial charge on any atom is 4.00 e. The summed E-state index contributed by atoms with van der Waals surface area (Å²) < 4.78 is 0. The summed E-state index contributed by atoms with van der Waals surface area (Å²) in [5, 5.41) is 44.1. The van der Waals surface area contributed by atoms with Crippen LogP contribution in [0.25, 0.3) is 109 Å². The first kappa shape index (κ1) is 370. The molecular weight excluding hydrogens is 3360 g/mol. The van der Waals surface area contributed by atoms with Gasteiger partial charge in [-0.25, -0.2) is 0 Å². The molecule has 0 atom stereocenters. The van der Waals surface area contributed by atoms with Crippen LogP contribution in [-0.4, -0.2) is 121 Å². The molecule has 6 radical (unpaired) electrons. The van der Waals surface area contributed by atoms with E-state index in [1.54, 1.807) is 109 Å². The number of rotatable bonds is 2. The van der Waals surface area contributed by atoms with Crippen molar-refractivity contribution in [2.75, 3.05) is 0 Å². The van der Waals surface area contributed by atoms with Gasteiger partial charge in [0, 0.05) is 432 Å². The number of hydrogen-bond acceptors (Lipinski definition) is 26. The fraction of sp³-hybridized carbons (Fsp3) is 0. The minimum Gasteiger partial charge on any atom is -2.00 e. The molecule has 0 fully saturated rings. The van der Waals surface area contributed by atoms with Gasteiger partial charge in [-0.15, -0.1) is 0 Å². The average Bonchev–Trinajstić information content (AvgIpc) is 0.815. The van der Waals surface area contributed by atoms with Crippen LogP contribution in [0, 0.1) is 0 Å². The molecule has 16 rings (SSSR count). The molecule has 0 saturated heterocycles. The van der Waals surface area contributed by atoms with E-state index in [1.807, 2.05) is 97.1 Å². The van der Waals surface area contributed by atoms with Crippen molar-refractivity contribution in [1.29, 1.82) is 0 Å². The predicted octanol–water partition coefficient (Wildman–Crippen LogP) is 4.41. The molecule has 0 spiro atoms. The van der Waals surface area contributed by atoms with Crippen molar-refractivity contribution in [3.8, 4) is 22.3 Å². The van der Waals surface area contributed by atoms with Crippen molar-refractivity contribution in [3.63, 3.8) is 0 Å². The van der Waals surface area contributed by atoms with Crippen LogP contribution in [0.15, 0.2) is 293 Å². The maximum atomic E-state index is 7.88. The van der Waals surface area contributed by atoms with Crippen LogP contribution in [-0.2, 0) is 565 Å². The third kappa shape index (κ3) is 116. The number of nitrogens with zero attached hydrogens (tertiary/aromatic N) is 12. The van der Waals surface area contributed by atoms with Crippen LogP contribution in [0.1, 0.15) is 0 Å². The fourth-order valence-corrected chi connectivity index (χ4v) is 8.90. The number of aromatic nitrogens is 12. The summed E-state index contributed by atoms with van der Waals surface area (Å²) in [4.78, 5) is 50.6. The first-order chi connectivity index (χ1) is 42.6. The third-order valence-corrected chi connectivity index (χ3v) is 12.8. The standard InChI is InChI=1S/4C12H8N2.2C10H8N2.4Cu.Ge.12Mo.2H2O3.8H2O.36O.2V/c4*1-3-9-5-6-10-4-2-8-14-12(10)11(9)13-7-1;2*1-5-11-6-2-9(1)10-3-7-12-8-4-10;;;;;;;;;;;;;;;;;;2*1-3-2;;;;;;;;;;;;;;;;;;;;;;;;;;;;;;;;;;;;;;;;;;;;;;/h4*1-8H;2*1-8H;;;;;;;;;;;;;;;;;;2*1-2H;8*1H2;;;;;;;;;;;;;;;;;;;;;;;;;;;;;;;;;;;;;;/q;;;;;;4*+2;+4;;;;;;;;;;;;;;;;;;;;;;;36*-2;;/p-12. The summed E-state index contributed by atoms with van der Waals surface area (Å²) in [6.45, 7) is 0. The van der Waals surface area contributed by atoms with E-state index >= 15 is 0 Å². The SMILES string of the molecule is [Cu+2].[Cu+2].[Cu+2].[Cu+2].[Ge+4].[Mo].[Mo].[Mo].[Mo].[Mo].[Mo].[Mo].[Mo].[Mo].[Mo].[Mo].[Mo].[O-2].[O-2].[O-2].[O-2].[O-2].[O-2].[O-2].[O-2].[O-2].[O-2].[O-2].[O-2].[O-2].[O-2].[O-2].[O-2].[O-2].[O-2].[O-2].[O-2].[O-2].[O-2].[O-2].[O-2].[O-2].[O-2].[O-2].[O-2].[O-2].[O-2].[O-2].[O-2].[O-2].[O-2].[O-2].[O-2].[O-]O[O-].[O-]O[O-].[OH-].[OH-].[OH-].[OH-].[OH-].[OH-].[OH-].[OH-].[V].[V].c1cc(-c2ccncc2)ccn1.c1cc(-c2ccncc2)ccn1.c1cnc2c(c1)ccc1cccnc12.c1cnc2c(c1)ccc1cccnc12.c1cnc2c(c1)ccc1cccnc12.c1cnc2c(c1)ccc1cccnc12. The Morgan fingerprint density at radius 3 is 0.289 bits per heavy atom. The molecular formula is C68H56Cu4GeMo12N12O50V2-72. The summed E-state index contributed by atoms with van der Waals surface area (Å²) in [6, 6.07) is 64.4. The van der Waals surface area contributed by atoms with Gasteiger partial charge in [-0.3, -0.25) is 59.8 Å². The van der Waals surface area contributed by atoms with Gasteiger partial charge in [-0.1, -0.05) is 97.1 Å². The Morgan fingerprint density at radius 1 is 0.141 bits per heavy atom. The predicted molar refractivity (Wildman–Crippen MR) is 371 cm³/mol. The Kier molecular flexibility index (Phi) is 531. The first-order valence-electron chi connectivity index (χ1n) is 26.3. The van der Waals surface area contributed by atoms with E-state index in [-0.39, 0.29) is 617 Å². The van der Waals surface area contributed by atoms with Gasteiger partial charge in [-0.05, 0) is 119 Å². The maximum absolute atomic E-state index is 7.88. The molecule has 8 N–H and O–H groups in total. The zero-order valence-corrected chi connectivity index (χ0v) is 104. The van der Waals surface area contributed by atoms with E-state index in [0.717, 1.165) is 87.2 Å². The normalized spacial score (nSPS) is 5.88. The molecule has 12 aromatic heterocycles. The quantitative estimate of drug-likeness (QED) is 0.100. The van der Waals surface area contributed by atoms with Gasteiger partial charge in [0.05, 0.1) is 44.1 Å². The summed E-state index contributed by atoms with van der Waals surface area (Å²) in [5.41, 5.74) is 12.5. The fourth-order valence-electron chi connectivity index (χ4n) is 8.90. The zero-order valence-electron chi connectivity index (χ0n) is 71.3. The summed E-state index contributed by atoms with van der Waals surface area (Å²) in [7, 11) is 0. The molecule has 890 valence electrons. The van der Waals surface area contributed by atoms with Gasteiger partial charge in [0.2, 0.25) is 0 Å². The zero-order chi connectivity index (χ0) is 59.4. The van der Waals surface area contributed by atoms with Crippen LogP contribution < -0.4 is 21.0 Å². The van der Waals surface area contributed by atoms with Crippen molar-refractivity contribution in [2.24, 2.45) is 0 Å². The van der Waals surface area contributed by atoms with Crippen LogP contribution in [0.4, 0.5) is 0 Å². The molecule has 12 heterocycles. The molecule has 0 amide bonds. The minimum atomic E-state index is 0. The van der Waals surface area contributed by atoms with Crippen LogP contribution in [0.3, 0.4) is 0 Å². The molecule has 0 unspecified atom stereocenters. The van der Waals surface area contributed by atoms with E-state index in [0.29, 0.717) is 0 Å². The Bertz CT molecular complexity index is 4070. The second-order valence-corrected chi connectivity index (χ2v) is 17.9. The molecule has 4 aromatic carbocycles. The van der Waals surface area contributed by atoms with E-state index < -0.39 is 0 Å². The molecule has 0 aliphatic rings. The van der Waals surface area contributed by atoms with Gasteiger partial charge in [0.1, 0.15) is 0 Å². The Balaban J connectivity index is -0.0000000123. The average molecular weight is 3420 g/mol. The van der Waals surface area contributed by atoms with Gasteiger partial charge >= 0.3 is 85.9 Å². The number of pyridine rings is 12. The molecule has 16 aromatic rings. The van der Waals surface area contributed by atoms with Crippen molar-refractivity contribution in [3.05, 3.63) is 293 Å². The van der Waals surface area contributed by atoms with Crippen molar-refractivity contribution in [2.45, 2.75) is 0 Å². The van der Waals surface area contributed by atoms with Crippen molar-refractivity contribution >= 4 is 105 Å². The van der Waals surface area contributed by atoms with E-state index in [9.17, 15) is 0 Å².